The molecule has 1 rings (SSSR count). The lowest BCUT2D eigenvalue weighted by atomic mass is 10.2. The molecule has 1 aromatic carbocycles. The molecule has 0 aliphatic carbocycles. The topological polar surface area (TPSA) is 147 Å². The summed E-state index contributed by atoms with van der Waals surface area (Å²) >= 11 is 0. The van der Waals surface area contributed by atoms with E-state index in [4.69, 9.17) is 20.7 Å². The van der Waals surface area contributed by atoms with Crippen LogP contribution in [0.25, 0.3) is 0 Å². The van der Waals surface area contributed by atoms with Crippen LogP contribution in [0.4, 0.5) is 4.79 Å². The Kier molecular flexibility index (Phi) is 6.68. The largest absolute Gasteiger partial charge is 0.481 e. The average molecular weight is 324 g/mol. The van der Waals surface area contributed by atoms with Gasteiger partial charge in [-0.2, -0.15) is 0 Å². The highest BCUT2D eigenvalue weighted by Crippen LogP contribution is 2.10. The molecule has 0 spiro atoms. The van der Waals surface area contributed by atoms with Crippen molar-refractivity contribution in [3.63, 3.8) is 0 Å². The second kappa shape index (κ2) is 8.49. The van der Waals surface area contributed by atoms with Gasteiger partial charge in [-0.05, 0) is 5.56 Å². The van der Waals surface area contributed by atoms with E-state index in [0.29, 0.717) is 5.56 Å². The average Bonchev–Trinajstić information content (AvgIpc) is 2.52. The van der Waals surface area contributed by atoms with Crippen molar-refractivity contribution in [2.45, 2.75) is 19.1 Å². The molecule has 0 heterocycles. The summed E-state index contributed by atoms with van der Waals surface area (Å²) in [4.78, 5) is 45.9. The van der Waals surface area contributed by atoms with Gasteiger partial charge < -0.3 is 20.7 Å². The summed E-state index contributed by atoms with van der Waals surface area (Å²) in [5, 5.41) is 17.8. The lowest BCUT2D eigenvalue weighted by Crippen LogP contribution is -2.51. The molecule has 0 aliphatic rings. The smallest absolute Gasteiger partial charge is 0.417 e. The minimum Gasteiger partial charge on any atom is -0.481 e. The normalized spacial score (nSPS) is 11.3. The number of nitrogens with zero attached hydrogens (tertiary/aromatic N) is 1. The molecule has 1 aromatic rings. The Bertz CT molecular complexity index is 588. The second-order valence-electron chi connectivity index (χ2n) is 4.46. The van der Waals surface area contributed by atoms with E-state index in [9.17, 15) is 19.2 Å². The van der Waals surface area contributed by atoms with Gasteiger partial charge in [-0.25, -0.2) is 14.5 Å². The predicted molar refractivity (Wildman–Crippen MR) is 76.2 cm³/mol. The number of carbonyl (C=O) groups is 4. The van der Waals surface area contributed by atoms with Gasteiger partial charge in [0.15, 0.2) is 6.04 Å². The molecular weight excluding hydrogens is 308 g/mol. The fraction of sp³-hybridized carbons (Fsp3) is 0.286. The highest BCUT2D eigenvalue weighted by Gasteiger charge is 2.37. The molecule has 23 heavy (non-hydrogen) atoms. The minimum atomic E-state index is -1.90. The van der Waals surface area contributed by atoms with E-state index >= 15 is 0 Å². The Balaban J connectivity index is 2.90. The zero-order valence-corrected chi connectivity index (χ0v) is 12.0. The van der Waals surface area contributed by atoms with Crippen molar-refractivity contribution in [1.29, 1.82) is 0 Å². The molecule has 9 nitrogen and oxygen atoms in total. The van der Waals surface area contributed by atoms with Gasteiger partial charge in [-0.1, -0.05) is 30.3 Å². The molecule has 4 N–H and O–H groups in total. The number of nitrogens with two attached hydrogens (primary N) is 1. The van der Waals surface area contributed by atoms with Crippen LogP contribution in [0.15, 0.2) is 30.3 Å². The molecular formula is C14H16N2O7. The van der Waals surface area contributed by atoms with Gasteiger partial charge in [-0.3, -0.25) is 9.59 Å². The Morgan fingerprint density at radius 3 is 2.22 bits per heavy atom. The van der Waals surface area contributed by atoms with Crippen molar-refractivity contribution < 1.29 is 34.1 Å². The molecule has 2 amide bonds. The zero-order valence-electron chi connectivity index (χ0n) is 12.0. The van der Waals surface area contributed by atoms with Gasteiger partial charge in [0, 0.05) is 0 Å². The van der Waals surface area contributed by atoms with Crippen LogP contribution < -0.4 is 5.73 Å². The van der Waals surface area contributed by atoms with E-state index in [1.165, 1.54) is 0 Å². The third-order valence-electron chi connectivity index (χ3n) is 2.81. The Morgan fingerprint density at radius 2 is 1.74 bits per heavy atom. The van der Waals surface area contributed by atoms with E-state index < -0.39 is 42.9 Å². The number of rotatable bonds is 7. The Labute approximate surface area is 131 Å². The molecule has 0 aromatic heterocycles. The number of carbonyl (C=O) groups excluding carboxylic acids is 2. The maximum absolute atomic E-state index is 12.0. The summed E-state index contributed by atoms with van der Waals surface area (Å²) in [7, 11) is 0. The third kappa shape index (κ3) is 5.40. The molecule has 124 valence electrons. The molecule has 0 radical (unpaired) electrons. The molecule has 9 heteroatoms. The molecule has 1 atom stereocenters. The first-order valence-corrected chi connectivity index (χ1v) is 6.54. The van der Waals surface area contributed by atoms with E-state index in [-0.39, 0.29) is 11.5 Å². The monoisotopic (exact) mass is 324 g/mol. The van der Waals surface area contributed by atoms with Gasteiger partial charge in [0.1, 0.15) is 6.61 Å². The maximum Gasteiger partial charge on any atom is 0.417 e. The number of carboxylic acids is 2. The Morgan fingerprint density at radius 1 is 1.13 bits per heavy atom. The van der Waals surface area contributed by atoms with Crippen LogP contribution >= 0.6 is 0 Å². The van der Waals surface area contributed by atoms with Gasteiger partial charge in [0.05, 0.1) is 13.0 Å². The van der Waals surface area contributed by atoms with Gasteiger partial charge in [0.2, 0.25) is 5.91 Å². The van der Waals surface area contributed by atoms with Crippen LogP contribution in [-0.4, -0.2) is 51.6 Å². The molecule has 0 saturated heterocycles. The summed E-state index contributed by atoms with van der Waals surface area (Å²) in [6.07, 6.45) is -2.22. The van der Waals surface area contributed by atoms with E-state index in [1.54, 1.807) is 30.3 Å². The van der Waals surface area contributed by atoms with Crippen molar-refractivity contribution >= 4 is 23.9 Å². The zero-order chi connectivity index (χ0) is 17.4. The number of aliphatic carboxylic acids is 2. The second-order valence-corrected chi connectivity index (χ2v) is 4.46. The number of ether oxygens (including phenoxy) is 1. The first-order valence-electron chi connectivity index (χ1n) is 6.54. The summed E-state index contributed by atoms with van der Waals surface area (Å²) < 4.78 is 4.88. The predicted octanol–water partition coefficient (Wildman–Crippen LogP) is 0.0384. The third-order valence-corrected chi connectivity index (χ3v) is 2.81. The number of benzene rings is 1. The van der Waals surface area contributed by atoms with Crippen LogP contribution in [0.1, 0.15) is 12.0 Å². The first kappa shape index (κ1) is 18.1. The van der Waals surface area contributed by atoms with Crippen molar-refractivity contribution in [2.75, 3.05) is 6.54 Å². The number of amides is 2. The SMILES string of the molecule is NCC(=O)N(C(=O)OCc1ccccc1)C(CC(=O)O)C(=O)O. The van der Waals surface area contributed by atoms with Crippen molar-refractivity contribution in [3.05, 3.63) is 35.9 Å². The number of carboxylic acid groups (broad SMARTS) is 2. The number of imide groups is 1. The van der Waals surface area contributed by atoms with Crippen LogP contribution in [0.5, 0.6) is 0 Å². The number of hydrogen-bond donors (Lipinski definition) is 3. The van der Waals surface area contributed by atoms with E-state index in [1.807, 2.05) is 0 Å². The van der Waals surface area contributed by atoms with E-state index in [2.05, 4.69) is 0 Å². The summed E-state index contributed by atoms with van der Waals surface area (Å²) in [6, 6.07) is 6.59. The van der Waals surface area contributed by atoms with Crippen molar-refractivity contribution in [1.82, 2.24) is 4.90 Å². The van der Waals surface area contributed by atoms with Crippen LogP contribution in [0, 0.1) is 0 Å². The summed E-state index contributed by atoms with van der Waals surface area (Å²) in [5.74, 6) is -4.18. The minimum absolute atomic E-state index is 0.201. The van der Waals surface area contributed by atoms with Gasteiger partial charge in [0.25, 0.3) is 0 Å². The molecule has 0 fully saturated rings. The number of hydrogen-bond acceptors (Lipinski definition) is 6. The molecule has 1 unspecified atom stereocenters. The molecule has 0 saturated carbocycles. The molecule has 0 bridgehead atoms. The van der Waals surface area contributed by atoms with Crippen LogP contribution in [0.2, 0.25) is 0 Å². The highest BCUT2D eigenvalue weighted by molar-refractivity contribution is 5.98. The Hall–Kier alpha value is -2.94. The molecule has 0 aliphatic heterocycles. The van der Waals surface area contributed by atoms with E-state index in [0.717, 1.165) is 0 Å². The summed E-state index contributed by atoms with van der Waals surface area (Å²) in [5.41, 5.74) is 5.76. The van der Waals surface area contributed by atoms with Crippen molar-refractivity contribution in [3.8, 4) is 0 Å². The lowest BCUT2D eigenvalue weighted by molar-refractivity contribution is -0.152. The fourth-order valence-corrected chi connectivity index (χ4v) is 1.74. The van der Waals surface area contributed by atoms with Crippen LogP contribution in [0.3, 0.4) is 0 Å². The first-order chi connectivity index (χ1) is 10.9. The van der Waals surface area contributed by atoms with Gasteiger partial charge >= 0.3 is 18.0 Å². The van der Waals surface area contributed by atoms with Crippen molar-refractivity contribution in [2.24, 2.45) is 5.73 Å². The highest BCUT2D eigenvalue weighted by atomic mass is 16.6. The summed E-state index contributed by atoms with van der Waals surface area (Å²) in [6.45, 7) is -0.864. The van der Waals surface area contributed by atoms with Crippen LogP contribution in [-0.2, 0) is 25.7 Å². The maximum atomic E-state index is 12.0. The van der Waals surface area contributed by atoms with Gasteiger partial charge in [-0.15, -0.1) is 0 Å². The fourth-order valence-electron chi connectivity index (χ4n) is 1.74. The standard InChI is InChI=1S/C14H16N2O7/c15-7-11(17)16(10(13(20)21)6-12(18)19)14(22)23-8-9-4-2-1-3-5-9/h1-5,10H,6-8,15H2,(H,18,19)(H,20,21). The quantitative estimate of drug-likeness (QED) is 0.636. The lowest BCUT2D eigenvalue weighted by Gasteiger charge is -2.25.